The maximum Gasteiger partial charge on any atom is 0.150 e. The van der Waals surface area contributed by atoms with E-state index in [1.165, 1.54) is 5.69 Å². The van der Waals surface area contributed by atoms with Crippen molar-refractivity contribution in [3.05, 3.63) is 48.4 Å². The van der Waals surface area contributed by atoms with E-state index in [1.54, 1.807) is 17.1 Å². The summed E-state index contributed by atoms with van der Waals surface area (Å²) in [7, 11) is 4.05. The number of fused-ring (bicyclic) bond motifs is 1. The number of hydrogen-bond donors (Lipinski definition) is 1. The van der Waals surface area contributed by atoms with E-state index in [2.05, 4.69) is 44.1 Å². The van der Waals surface area contributed by atoms with Crippen LogP contribution in [0, 0.1) is 0 Å². The smallest absolute Gasteiger partial charge is 0.150 e. The molecule has 1 aliphatic rings. The molecule has 0 aliphatic carbocycles. The number of hydrogen-bond acceptors (Lipinski definition) is 5. The molecule has 0 bridgehead atoms. The van der Waals surface area contributed by atoms with Gasteiger partial charge in [-0.3, -0.25) is 9.67 Å². The van der Waals surface area contributed by atoms with Gasteiger partial charge < -0.3 is 15.5 Å². The normalized spacial score (nSPS) is 16.4. The van der Waals surface area contributed by atoms with Crippen molar-refractivity contribution < 1.29 is 0 Å². The molecule has 134 valence electrons. The maximum absolute atomic E-state index is 6.17. The van der Waals surface area contributed by atoms with Crippen LogP contribution in [0.5, 0.6) is 0 Å². The van der Waals surface area contributed by atoms with Gasteiger partial charge in [-0.15, -0.1) is 0 Å². The molecule has 1 fully saturated rings. The average Bonchev–Trinajstić information content (AvgIpc) is 3.03. The van der Waals surface area contributed by atoms with Gasteiger partial charge in [-0.2, -0.15) is 5.10 Å². The number of anilines is 1. The van der Waals surface area contributed by atoms with Crippen molar-refractivity contribution in [2.45, 2.75) is 0 Å². The molecular formula is C19H23N7. The van der Waals surface area contributed by atoms with E-state index < -0.39 is 0 Å². The Bertz CT molecular complexity index is 934. The van der Waals surface area contributed by atoms with Gasteiger partial charge in [0.1, 0.15) is 11.5 Å². The molecule has 0 saturated carbocycles. The molecule has 4 rings (SSSR count). The summed E-state index contributed by atoms with van der Waals surface area (Å²) in [6, 6.07) is 10.1. The molecule has 0 atom stereocenters. The Morgan fingerprint density at radius 3 is 2.50 bits per heavy atom. The summed E-state index contributed by atoms with van der Waals surface area (Å²) >= 11 is 0. The van der Waals surface area contributed by atoms with Crippen LogP contribution in [-0.2, 0) is 7.05 Å². The Kier molecular flexibility index (Phi) is 4.30. The van der Waals surface area contributed by atoms with Crippen LogP contribution in [0.1, 0.15) is 5.69 Å². The second-order valence-corrected chi connectivity index (χ2v) is 6.70. The SMILES string of the molecule is CN1CCN(c2ccc(N=C(N)c3cc4cnn(C)c4cn3)cc2)CC1. The first-order valence-corrected chi connectivity index (χ1v) is 8.76. The van der Waals surface area contributed by atoms with Gasteiger partial charge in [-0.05, 0) is 37.4 Å². The molecule has 1 aromatic carbocycles. The van der Waals surface area contributed by atoms with Crippen LogP contribution in [0.25, 0.3) is 10.9 Å². The van der Waals surface area contributed by atoms with Crippen molar-refractivity contribution >= 4 is 28.1 Å². The third-order valence-corrected chi connectivity index (χ3v) is 4.86. The number of likely N-dealkylation sites (N-methyl/N-ethyl adjacent to an activating group) is 1. The van der Waals surface area contributed by atoms with E-state index in [-0.39, 0.29) is 0 Å². The van der Waals surface area contributed by atoms with Gasteiger partial charge in [0.15, 0.2) is 0 Å². The predicted molar refractivity (Wildman–Crippen MR) is 105 cm³/mol. The minimum Gasteiger partial charge on any atom is -0.382 e. The number of nitrogens with two attached hydrogens (primary N) is 1. The Balaban J connectivity index is 1.53. The number of benzene rings is 1. The van der Waals surface area contributed by atoms with Crippen LogP contribution >= 0.6 is 0 Å². The summed E-state index contributed by atoms with van der Waals surface area (Å²) in [5, 5.41) is 5.23. The molecule has 7 heteroatoms. The predicted octanol–water partition coefficient (Wildman–Crippen LogP) is 1.76. The van der Waals surface area contributed by atoms with Gasteiger partial charge in [0.05, 0.1) is 23.6 Å². The standard InChI is InChI=1S/C19H23N7/c1-24-7-9-26(10-8-24)16-5-3-15(4-6-16)23-19(20)17-11-14-12-22-25(2)18(14)13-21-17/h3-6,11-13H,7-10H2,1-2H3,(H2,20,23). The fourth-order valence-electron chi connectivity index (χ4n) is 3.19. The number of aliphatic imine (C=N–C) groups is 1. The number of nitrogens with zero attached hydrogens (tertiary/aromatic N) is 6. The summed E-state index contributed by atoms with van der Waals surface area (Å²) in [5.74, 6) is 0.406. The van der Waals surface area contributed by atoms with Gasteiger partial charge in [-0.25, -0.2) is 4.99 Å². The Morgan fingerprint density at radius 2 is 1.77 bits per heavy atom. The highest BCUT2D eigenvalue weighted by Crippen LogP contribution is 2.21. The minimum absolute atomic E-state index is 0.406. The highest BCUT2D eigenvalue weighted by molar-refractivity contribution is 5.99. The molecule has 3 heterocycles. The number of amidine groups is 1. The molecule has 1 aliphatic heterocycles. The molecule has 1 saturated heterocycles. The zero-order valence-corrected chi connectivity index (χ0v) is 15.1. The lowest BCUT2D eigenvalue weighted by atomic mass is 10.2. The molecule has 7 nitrogen and oxygen atoms in total. The second kappa shape index (κ2) is 6.76. The number of rotatable bonds is 3. The first-order chi connectivity index (χ1) is 12.6. The van der Waals surface area contributed by atoms with Gasteiger partial charge in [0, 0.05) is 44.3 Å². The highest BCUT2D eigenvalue weighted by atomic mass is 15.3. The molecule has 2 N–H and O–H groups in total. The first-order valence-electron chi connectivity index (χ1n) is 8.76. The summed E-state index contributed by atoms with van der Waals surface area (Å²) in [5.41, 5.74) is 9.85. The molecule has 0 radical (unpaired) electrons. The molecular weight excluding hydrogens is 326 g/mol. The van der Waals surface area contributed by atoms with Gasteiger partial charge >= 0.3 is 0 Å². The van der Waals surface area contributed by atoms with Crippen molar-refractivity contribution in [3.63, 3.8) is 0 Å². The molecule has 2 aromatic heterocycles. The van der Waals surface area contributed by atoms with Crippen LogP contribution in [0.3, 0.4) is 0 Å². The Morgan fingerprint density at radius 1 is 1.04 bits per heavy atom. The minimum atomic E-state index is 0.406. The van der Waals surface area contributed by atoms with E-state index in [1.807, 2.05) is 25.2 Å². The lowest BCUT2D eigenvalue weighted by Gasteiger charge is -2.34. The van der Waals surface area contributed by atoms with Crippen molar-refractivity contribution in [2.24, 2.45) is 17.8 Å². The third kappa shape index (κ3) is 3.25. The maximum atomic E-state index is 6.17. The Hall–Kier alpha value is -2.93. The molecule has 3 aromatic rings. The average molecular weight is 349 g/mol. The van der Waals surface area contributed by atoms with E-state index in [4.69, 9.17) is 5.73 Å². The third-order valence-electron chi connectivity index (χ3n) is 4.86. The lowest BCUT2D eigenvalue weighted by molar-refractivity contribution is 0.313. The van der Waals surface area contributed by atoms with E-state index in [9.17, 15) is 0 Å². The van der Waals surface area contributed by atoms with E-state index in [0.717, 1.165) is 42.8 Å². The van der Waals surface area contributed by atoms with Crippen LogP contribution in [0.4, 0.5) is 11.4 Å². The van der Waals surface area contributed by atoms with Crippen LogP contribution < -0.4 is 10.6 Å². The molecule has 26 heavy (non-hydrogen) atoms. The van der Waals surface area contributed by atoms with Crippen LogP contribution in [0.2, 0.25) is 0 Å². The summed E-state index contributed by atoms with van der Waals surface area (Å²) < 4.78 is 1.79. The number of aryl methyl sites for hydroxylation is 1. The zero-order chi connectivity index (χ0) is 18.1. The number of piperazine rings is 1. The number of pyridine rings is 1. The molecule has 0 unspecified atom stereocenters. The van der Waals surface area contributed by atoms with E-state index in [0.29, 0.717) is 11.5 Å². The molecule has 0 spiro atoms. The van der Waals surface area contributed by atoms with Gasteiger partial charge in [-0.1, -0.05) is 0 Å². The topological polar surface area (TPSA) is 75.6 Å². The summed E-state index contributed by atoms with van der Waals surface area (Å²) in [6.07, 6.45) is 3.58. The van der Waals surface area contributed by atoms with Crippen LogP contribution in [-0.4, -0.2) is 58.7 Å². The van der Waals surface area contributed by atoms with Crippen molar-refractivity contribution in [3.8, 4) is 0 Å². The van der Waals surface area contributed by atoms with Crippen LogP contribution in [0.15, 0.2) is 47.7 Å². The highest BCUT2D eigenvalue weighted by Gasteiger charge is 2.14. The van der Waals surface area contributed by atoms with Crippen molar-refractivity contribution in [2.75, 3.05) is 38.1 Å². The lowest BCUT2D eigenvalue weighted by Crippen LogP contribution is -2.44. The summed E-state index contributed by atoms with van der Waals surface area (Å²) in [4.78, 5) is 13.7. The van der Waals surface area contributed by atoms with Gasteiger partial charge in [0.2, 0.25) is 0 Å². The van der Waals surface area contributed by atoms with Gasteiger partial charge in [0.25, 0.3) is 0 Å². The zero-order valence-electron chi connectivity index (χ0n) is 15.1. The first kappa shape index (κ1) is 16.5. The fourth-order valence-corrected chi connectivity index (χ4v) is 3.19. The monoisotopic (exact) mass is 349 g/mol. The number of aromatic nitrogens is 3. The van der Waals surface area contributed by atoms with Crippen molar-refractivity contribution in [1.82, 2.24) is 19.7 Å². The van der Waals surface area contributed by atoms with E-state index >= 15 is 0 Å². The largest absolute Gasteiger partial charge is 0.382 e. The summed E-state index contributed by atoms with van der Waals surface area (Å²) in [6.45, 7) is 4.29. The fraction of sp³-hybridized carbons (Fsp3) is 0.316. The van der Waals surface area contributed by atoms with Crippen molar-refractivity contribution in [1.29, 1.82) is 0 Å². The quantitative estimate of drug-likeness (QED) is 0.576. The molecule has 0 amide bonds. The Labute approximate surface area is 152 Å². The second-order valence-electron chi connectivity index (χ2n) is 6.70.